The van der Waals surface area contributed by atoms with Gasteiger partial charge in [0.2, 0.25) is 0 Å². The van der Waals surface area contributed by atoms with Crippen LogP contribution in [0.25, 0.3) is 11.0 Å². The first-order valence-electron chi connectivity index (χ1n) is 7.20. The number of nitrogens with zero attached hydrogens (tertiary/aromatic N) is 4. The molecule has 0 atom stereocenters. The Morgan fingerprint density at radius 3 is 2.80 bits per heavy atom. The number of piperidine rings is 1. The number of likely N-dealkylation sites (tertiary alicyclic amines) is 1. The summed E-state index contributed by atoms with van der Waals surface area (Å²) in [6, 6.07) is 2.23. The number of hydrogen-bond donors (Lipinski definition) is 0. The molecule has 0 saturated carbocycles. The van der Waals surface area contributed by atoms with E-state index in [-0.39, 0.29) is 0 Å². The molecule has 3 rings (SSSR count). The van der Waals surface area contributed by atoms with Crippen LogP contribution in [-0.4, -0.2) is 46.0 Å². The summed E-state index contributed by atoms with van der Waals surface area (Å²) in [5, 5.41) is 5.59. The molecule has 1 fully saturated rings. The molecule has 0 radical (unpaired) electrons. The topological polar surface area (TPSA) is 43.2 Å². The van der Waals surface area contributed by atoms with Crippen LogP contribution in [0.3, 0.4) is 0 Å². The molecular weight excluding hydrogens is 252 g/mol. The van der Waals surface area contributed by atoms with E-state index in [9.17, 15) is 0 Å². The summed E-state index contributed by atoms with van der Waals surface area (Å²) >= 11 is 0. The van der Waals surface area contributed by atoms with Crippen LogP contribution in [0, 0.1) is 6.92 Å². The smallest absolute Gasteiger partial charge is 0.157 e. The molecule has 0 spiro atoms. The van der Waals surface area contributed by atoms with Gasteiger partial charge < -0.3 is 4.74 Å². The van der Waals surface area contributed by atoms with Crippen molar-refractivity contribution in [1.29, 1.82) is 0 Å². The molecule has 0 unspecified atom stereocenters. The Kier molecular flexibility index (Phi) is 3.72. The van der Waals surface area contributed by atoms with Crippen molar-refractivity contribution >= 4 is 11.0 Å². The van der Waals surface area contributed by atoms with Crippen molar-refractivity contribution in [3.8, 4) is 0 Å². The molecule has 5 heteroatoms. The quantitative estimate of drug-likeness (QED) is 0.857. The zero-order valence-corrected chi connectivity index (χ0v) is 12.5. The minimum atomic E-state index is 0.437. The highest BCUT2D eigenvalue weighted by Gasteiger charge is 2.19. The molecule has 2 aromatic rings. The van der Waals surface area contributed by atoms with E-state index >= 15 is 0 Å². The van der Waals surface area contributed by atoms with E-state index in [1.165, 1.54) is 5.56 Å². The molecular formula is C15H22N4O. The number of pyridine rings is 1. The van der Waals surface area contributed by atoms with Crippen molar-refractivity contribution < 1.29 is 4.74 Å². The molecule has 2 aromatic heterocycles. The van der Waals surface area contributed by atoms with Crippen LogP contribution in [0.1, 0.15) is 24.1 Å². The van der Waals surface area contributed by atoms with Gasteiger partial charge in [-0.15, -0.1) is 0 Å². The molecule has 1 aliphatic rings. The first kappa shape index (κ1) is 13.5. The van der Waals surface area contributed by atoms with Crippen molar-refractivity contribution in [2.24, 2.45) is 7.05 Å². The number of fused-ring (bicyclic) bond motifs is 1. The van der Waals surface area contributed by atoms with Gasteiger partial charge in [0, 0.05) is 45.4 Å². The van der Waals surface area contributed by atoms with E-state index in [4.69, 9.17) is 4.74 Å². The maximum absolute atomic E-state index is 5.42. The van der Waals surface area contributed by atoms with E-state index in [0.29, 0.717) is 6.10 Å². The maximum Gasteiger partial charge on any atom is 0.157 e. The number of hydrogen-bond acceptors (Lipinski definition) is 4. The van der Waals surface area contributed by atoms with Gasteiger partial charge in [-0.1, -0.05) is 0 Å². The van der Waals surface area contributed by atoms with Crippen molar-refractivity contribution in [2.75, 3.05) is 20.2 Å². The molecule has 5 nitrogen and oxygen atoms in total. The SMILES string of the molecule is COC1CCN(Cc2cnc3c(c2)c(C)nn3C)CC1. The largest absolute Gasteiger partial charge is 0.381 e. The standard InChI is InChI=1S/C15H22N4O/c1-11-14-8-12(9-16-15(14)18(2)17-11)10-19-6-4-13(20-3)5-7-19/h8-9,13H,4-7,10H2,1-3H3. The molecule has 0 aromatic carbocycles. The van der Waals surface area contributed by atoms with E-state index in [1.807, 2.05) is 32.0 Å². The molecule has 0 bridgehead atoms. The number of rotatable bonds is 3. The summed E-state index contributed by atoms with van der Waals surface area (Å²) < 4.78 is 7.26. The Labute approximate surface area is 119 Å². The summed E-state index contributed by atoms with van der Waals surface area (Å²) in [5.74, 6) is 0. The van der Waals surface area contributed by atoms with E-state index in [1.54, 1.807) is 0 Å². The predicted octanol–water partition coefficient (Wildman–Crippen LogP) is 1.89. The van der Waals surface area contributed by atoms with Crippen LogP contribution in [0.5, 0.6) is 0 Å². The highest BCUT2D eigenvalue weighted by molar-refractivity contribution is 5.78. The molecule has 0 N–H and O–H groups in total. The zero-order chi connectivity index (χ0) is 14.1. The van der Waals surface area contributed by atoms with Gasteiger partial charge in [-0.05, 0) is 31.4 Å². The molecule has 0 aliphatic carbocycles. The Bertz CT molecular complexity index is 599. The van der Waals surface area contributed by atoms with E-state index in [0.717, 1.165) is 49.2 Å². The summed E-state index contributed by atoms with van der Waals surface area (Å²) in [5.41, 5.74) is 3.28. The van der Waals surface area contributed by atoms with Crippen molar-refractivity contribution in [3.05, 3.63) is 23.5 Å². The molecule has 1 aliphatic heterocycles. The molecule has 1 saturated heterocycles. The minimum Gasteiger partial charge on any atom is -0.381 e. The number of aromatic nitrogens is 3. The van der Waals surface area contributed by atoms with Crippen molar-refractivity contribution in [3.63, 3.8) is 0 Å². The zero-order valence-electron chi connectivity index (χ0n) is 12.5. The highest BCUT2D eigenvalue weighted by Crippen LogP contribution is 2.19. The number of aryl methyl sites for hydroxylation is 2. The Morgan fingerprint density at radius 2 is 2.10 bits per heavy atom. The monoisotopic (exact) mass is 274 g/mol. The third-order valence-corrected chi connectivity index (χ3v) is 4.19. The van der Waals surface area contributed by atoms with Gasteiger partial charge in [-0.25, -0.2) is 4.98 Å². The van der Waals surface area contributed by atoms with Gasteiger partial charge in [0.05, 0.1) is 11.8 Å². The summed E-state index contributed by atoms with van der Waals surface area (Å²) in [6.45, 7) is 5.21. The molecule has 108 valence electrons. The third-order valence-electron chi connectivity index (χ3n) is 4.19. The van der Waals surface area contributed by atoms with Gasteiger partial charge in [0.1, 0.15) is 0 Å². The second-order valence-electron chi connectivity index (χ2n) is 5.63. The lowest BCUT2D eigenvalue weighted by molar-refractivity contribution is 0.0388. The molecule has 0 amide bonds. The lowest BCUT2D eigenvalue weighted by Crippen LogP contribution is -2.36. The Balaban J connectivity index is 1.73. The summed E-state index contributed by atoms with van der Waals surface area (Å²) in [7, 11) is 3.75. The second kappa shape index (κ2) is 5.50. The van der Waals surface area contributed by atoms with Crippen LogP contribution < -0.4 is 0 Å². The average molecular weight is 274 g/mol. The fourth-order valence-corrected chi connectivity index (χ4v) is 3.00. The summed E-state index contributed by atoms with van der Waals surface area (Å²) in [4.78, 5) is 7.02. The maximum atomic E-state index is 5.42. The Hall–Kier alpha value is -1.46. The fourth-order valence-electron chi connectivity index (χ4n) is 3.00. The van der Waals surface area contributed by atoms with Gasteiger partial charge >= 0.3 is 0 Å². The van der Waals surface area contributed by atoms with Crippen molar-refractivity contribution in [2.45, 2.75) is 32.4 Å². The van der Waals surface area contributed by atoms with E-state index < -0.39 is 0 Å². The average Bonchev–Trinajstić information content (AvgIpc) is 2.75. The Morgan fingerprint density at radius 1 is 1.35 bits per heavy atom. The predicted molar refractivity (Wildman–Crippen MR) is 78.6 cm³/mol. The van der Waals surface area contributed by atoms with Gasteiger partial charge in [0.15, 0.2) is 5.65 Å². The van der Waals surface area contributed by atoms with Crippen LogP contribution in [0.4, 0.5) is 0 Å². The van der Waals surface area contributed by atoms with Gasteiger partial charge in [-0.3, -0.25) is 9.58 Å². The highest BCUT2D eigenvalue weighted by atomic mass is 16.5. The van der Waals surface area contributed by atoms with Gasteiger partial charge in [0.25, 0.3) is 0 Å². The van der Waals surface area contributed by atoms with Crippen LogP contribution >= 0.6 is 0 Å². The lowest BCUT2D eigenvalue weighted by Gasteiger charge is -2.31. The minimum absolute atomic E-state index is 0.437. The molecule has 3 heterocycles. The van der Waals surface area contributed by atoms with Crippen LogP contribution in [-0.2, 0) is 18.3 Å². The summed E-state index contributed by atoms with van der Waals surface area (Å²) in [6.07, 6.45) is 4.66. The second-order valence-corrected chi connectivity index (χ2v) is 5.63. The van der Waals surface area contributed by atoms with Crippen molar-refractivity contribution in [1.82, 2.24) is 19.7 Å². The fraction of sp³-hybridized carbons (Fsp3) is 0.600. The normalized spacial score (nSPS) is 17.9. The first-order valence-corrected chi connectivity index (χ1v) is 7.20. The first-order chi connectivity index (χ1) is 9.67. The lowest BCUT2D eigenvalue weighted by atomic mass is 10.1. The number of methoxy groups -OCH3 is 1. The van der Waals surface area contributed by atoms with Gasteiger partial charge in [-0.2, -0.15) is 5.10 Å². The molecule has 20 heavy (non-hydrogen) atoms. The van der Waals surface area contributed by atoms with E-state index in [2.05, 4.69) is 21.0 Å². The third kappa shape index (κ3) is 2.55. The van der Waals surface area contributed by atoms with Crippen LogP contribution in [0.15, 0.2) is 12.3 Å². The number of ether oxygens (including phenoxy) is 1. The van der Waals surface area contributed by atoms with Crippen LogP contribution in [0.2, 0.25) is 0 Å².